The van der Waals surface area contributed by atoms with Crippen molar-refractivity contribution in [3.8, 4) is 0 Å². The van der Waals surface area contributed by atoms with Crippen LogP contribution in [0.1, 0.15) is 75.7 Å². The summed E-state index contributed by atoms with van der Waals surface area (Å²) < 4.78 is 10.8. The molecule has 2 amide bonds. The zero-order valence-electron chi connectivity index (χ0n) is 18.6. The van der Waals surface area contributed by atoms with E-state index in [2.05, 4.69) is 10.6 Å². The fraction of sp³-hybridized carbons (Fsp3) is 0.609. The van der Waals surface area contributed by atoms with Gasteiger partial charge in [-0.05, 0) is 59.6 Å². The number of ether oxygens (including phenoxy) is 2. The summed E-state index contributed by atoms with van der Waals surface area (Å²) in [6.45, 7) is 8.80. The van der Waals surface area contributed by atoms with Gasteiger partial charge in [-0.15, -0.1) is 0 Å². The van der Waals surface area contributed by atoms with Gasteiger partial charge < -0.3 is 20.1 Å². The number of carbonyl (C=O) groups excluding carboxylic acids is 3. The number of hydrogen-bond acceptors (Lipinski definition) is 5. The predicted molar refractivity (Wildman–Crippen MR) is 114 cm³/mol. The average Bonchev–Trinajstić information content (AvgIpc) is 2.65. The van der Waals surface area contributed by atoms with Crippen LogP contribution in [0.15, 0.2) is 24.3 Å². The van der Waals surface area contributed by atoms with E-state index in [0.717, 1.165) is 37.7 Å². The summed E-state index contributed by atoms with van der Waals surface area (Å²) >= 11 is 0. The molecule has 0 bridgehead atoms. The van der Waals surface area contributed by atoms with E-state index >= 15 is 0 Å². The summed E-state index contributed by atoms with van der Waals surface area (Å²) in [6.07, 6.45) is 3.24. The van der Waals surface area contributed by atoms with Crippen LogP contribution in [-0.4, -0.2) is 41.8 Å². The molecular formula is C23H34N2O5. The van der Waals surface area contributed by atoms with Crippen LogP contribution < -0.4 is 10.6 Å². The molecule has 30 heavy (non-hydrogen) atoms. The van der Waals surface area contributed by atoms with Crippen LogP contribution in [-0.2, 0) is 14.3 Å². The number of amides is 2. The topological polar surface area (TPSA) is 93.7 Å². The van der Waals surface area contributed by atoms with Gasteiger partial charge in [-0.25, -0.2) is 9.59 Å². The van der Waals surface area contributed by atoms with E-state index in [1.54, 1.807) is 52.0 Å². The molecule has 1 aliphatic rings. The standard InChI is InChI=1S/C23H34N2O5/c1-15-11-13-17(14-12-15)21(27)29-19(16(2)24-22(28)30-23(3,4)5)20(26)25-18-9-7-6-8-10-18/h11-14,16,18-19H,6-10H2,1-5H3,(H,24,28)(H,25,26)/t16-,19?/m0/s1. The summed E-state index contributed by atoms with van der Waals surface area (Å²) in [5.41, 5.74) is 0.682. The van der Waals surface area contributed by atoms with Gasteiger partial charge in [0.15, 0.2) is 6.10 Å². The lowest BCUT2D eigenvalue weighted by atomic mass is 9.95. The SMILES string of the molecule is Cc1ccc(C(=O)OC(C(=O)NC2CCCCC2)[C@H](C)NC(=O)OC(C)(C)C)cc1. The monoisotopic (exact) mass is 418 g/mol. The lowest BCUT2D eigenvalue weighted by Gasteiger charge is -2.29. The molecule has 2 rings (SSSR count). The second-order valence-electron chi connectivity index (χ2n) is 8.97. The Morgan fingerprint density at radius 1 is 1.03 bits per heavy atom. The number of carbonyl (C=O) groups is 3. The highest BCUT2D eigenvalue weighted by molar-refractivity contribution is 5.92. The van der Waals surface area contributed by atoms with Crippen molar-refractivity contribution in [2.24, 2.45) is 0 Å². The molecule has 7 nitrogen and oxygen atoms in total. The van der Waals surface area contributed by atoms with E-state index in [0.29, 0.717) is 5.56 Å². The van der Waals surface area contributed by atoms with E-state index in [1.165, 1.54) is 0 Å². The van der Waals surface area contributed by atoms with Crippen LogP contribution in [0.5, 0.6) is 0 Å². The summed E-state index contributed by atoms with van der Waals surface area (Å²) in [5, 5.41) is 5.60. The Labute approximate surface area is 178 Å². The summed E-state index contributed by atoms with van der Waals surface area (Å²) in [5.74, 6) is -1.03. The highest BCUT2D eigenvalue weighted by Gasteiger charge is 2.33. The van der Waals surface area contributed by atoms with E-state index in [9.17, 15) is 14.4 Å². The smallest absolute Gasteiger partial charge is 0.408 e. The van der Waals surface area contributed by atoms with Gasteiger partial charge in [0.05, 0.1) is 11.6 Å². The molecule has 166 valence electrons. The van der Waals surface area contributed by atoms with Crippen LogP contribution >= 0.6 is 0 Å². The van der Waals surface area contributed by atoms with Crippen molar-refractivity contribution >= 4 is 18.0 Å². The number of rotatable bonds is 6. The molecule has 1 aliphatic carbocycles. The first-order valence-electron chi connectivity index (χ1n) is 10.6. The van der Waals surface area contributed by atoms with E-state index < -0.39 is 35.7 Å². The molecule has 1 saturated carbocycles. The third kappa shape index (κ3) is 7.69. The maximum Gasteiger partial charge on any atom is 0.408 e. The molecule has 1 aromatic rings. The van der Waals surface area contributed by atoms with Gasteiger partial charge in [-0.2, -0.15) is 0 Å². The maximum atomic E-state index is 13.0. The van der Waals surface area contributed by atoms with Crippen LogP contribution in [0.4, 0.5) is 4.79 Å². The molecule has 0 aromatic heterocycles. The summed E-state index contributed by atoms with van der Waals surface area (Å²) in [6, 6.07) is 6.20. The molecule has 1 fully saturated rings. The van der Waals surface area contributed by atoms with E-state index in [1.807, 2.05) is 6.92 Å². The highest BCUT2D eigenvalue weighted by Crippen LogP contribution is 2.18. The largest absolute Gasteiger partial charge is 0.446 e. The Bertz CT molecular complexity index is 733. The molecule has 7 heteroatoms. The molecule has 0 saturated heterocycles. The molecule has 0 spiro atoms. The number of benzene rings is 1. The lowest BCUT2D eigenvalue weighted by Crippen LogP contribution is -2.53. The van der Waals surface area contributed by atoms with Gasteiger partial charge in [-0.1, -0.05) is 37.0 Å². The second kappa shape index (κ2) is 10.5. The minimum atomic E-state index is -1.17. The van der Waals surface area contributed by atoms with Crippen molar-refractivity contribution in [2.45, 2.75) is 90.5 Å². The zero-order valence-corrected chi connectivity index (χ0v) is 18.6. The van der Waals surface area contributed by atoms with Crippen LogP contribution in [0.25, 0.3) is 0 Å². The normalized spacial score (nSPS) is 16.8. The molecule has 2 atom stereocenters. The quantitative estimate of drug-likeness (QED) is 0.684. The number of aryl methyl sites for hydroxylation is 1. The first-order chi connectivity index (χ1) is 14.0. The van der Waals surface area contributed by atoms with Gasteiger partial charge in [-0.3, -0.25) is 4.79 Å². The van der Waals surface area contributed by atoms with Crippen LogP contribution in [0.2, 0.25) is 0 Å². The molecule has 0 aliphatic heterocycles. The van der Waals surface area contributed by atoms with Gasteiger partial charge in [0.25, 0.3) is 5.91 Å². The maximum absolute atomic E-state index is 13.0. The number of alkyl carbamates (subject to hydrolysis) is 1. The highest BCUT2D eigenvalue weighted by atomic mass is 16.6. The first kappa shape index (κ1) is 23.7. The Morgan fingerprint density at radius 2 is 1.63 bits per heavy atom. The van der Waals surface area contributed by atoms with Gasteiger partial charge in [0.2, 0.25) is 0 Å². The Balaban J connectivity index is 2.11. The number of esters is 1. The average molecular weight is 419 g/mol. The lowest BCUT2D eigenvalue weighted by molar-refractivity contribution is -0.132. The minimum Gasteiger partial charge on any atom is -0.446 e. The molecule has 1 aromatic carbocycles. The fourth-order valence-electron chi connectivity index (χ4n) is 3.36. The Kier molecular flexibility index (Phi) is 8.26. The Hall–Kier alpha value is -2.57. The van der Waals surface area contributed by atoms with Gasteiger partial charge >= 0.3 is 12.1 Å². The summed E-state index contributed by atoms with van der Waals surface area (Å²) in [7, 11) is 0. The third-order valence-corrected chi connectivity index (χ3v) is 4.93. The first-order valence-corrected chi connectivity index (χ1v) is 10.6. The number of nitrogens with one attached hydrogen (secondary N) is 2. The molecule has 0 heterocycles. The summed E-state index contributed by atoms with van der Waals surface area (Å²) in [4.78, 5) is 37.8. The van der Waals surface area contributed by atoms with Crippen LogP contribution in [0, 0.1) is 6.92 Å². The van der Waals surface area contributed by atoms with Crippen molar-refractivity contribution in [3.63, 3.8) is 0 Å². The minimum absolute atomic E-state index is 0.0561. The zero-order chi connectivity index (χ0) is 22.3. The van der Waals surface area contributed by atoms with E-state index in [4.69, 9.17) is 9.47 Å². The molecule has 1 unspecified atom stereocenters. The molecular weight excluding hydrogens is 384 g/mol. The van der Waals surface area contributed by atoms with Crippen molar-refractivity contribution < 1.29 is 23.9 Å². The van der Waals surface area contributed by atoms with E-state index in [-0.39, 0.29) is 6.04 Å². The predicted octanol–water partition coefficient (Wildman–Crippen LogP) is 3.88. The fourth-order valence-corrected chi connectivity index (χ4v) is 3.36. The Morgan fingerprint density at radius 3 is 2.20 bits per heavy atom. The third-order valence-electron chi connectivity index (χ3n) is 4.93. The van der Waals surface area contributed by atoms with Crippen molar-refractivity contribution in [1.29, 1.82) is 0 Å². The second-order valence-corrected chi connectivity index (χ2v) is 8.97. The molecule has 0 radical (unpaired) electrons. The van der Waals surface area contributed by atoms with Gasteiger partial charge in [0, 0.05) is 6.04 Å². The van der Waals surface area contributed by atoms with Crippen molar-refractivity contribution in [1.82, 2.24) is 10.6 Å². The van der Waals surface area contributed by atoms with Crippen molar-refractivity contribution in [2.75, 3.05) is 0 Å². The van der Waals surface area contributed by atoms with Crippen molar-refractivity contribution in [3.05, 3.63) is 35.4 Å². The van der Waals surface area contributed by atoms with Gasteiger partial charge in [0.1, 0.15) is 5.60 Å². The number of hydrogen-bond donors (Lipinski definition) is 2. The molecule has 2 N–H and O–H groups in total. The van der Waals surface area contributed by atoms with Crippen LogP contribution in [0.3, 0.4) is 0 Å².